The van der Waals surface area contributed by atoms with Crippen LogP contribution < -0.4 is 15.0 Å². The molecule has 0 saturated carbocycles. The second-order valence-corrected chi connectivity index (χ2v) is 6.47. The van der Waals surface area contributed by atoms with Crippen molar-refractivity contribution in [1.82, 2.24) is 10.2 Å². The van der Waals surface area contributed by atoms with Gasteiger partial charge in [0.05, 0.1) is 12.8 Å². The third-order valence-electron chi connectivity index (χ3n) is 4.76. The van der Waals surface area contributed by atoms with Gasteiger partial charge in [-0.05, 0) is 30.3 Å². The number of guanidine groups is 1. The second kappa shape index (κ2) is 8.77. The Kier molecular flexibility index (Phi) is 6.18. The molecule has 1 aliphatic heterocycles. The summed E-state index contributed by atoms with van der Waals surface area (Å²) in [7, 11) is 3.26. The van der Waals surface area contributed by atoms with Gasteiger partial charge in [-0.15, -0.1) is 0 Å². The van der Waals surface area contributed by atoms with E-state index in [1.807, 2.05) is 9.80 Å². The molecule has 0 aliphatic carbocycles. The van der Waals surface area contributed by atoms with Crippen molar-refractivity contribution in [3.8, 4) is 11.5 Å². The van der Waals surface area contributed by atoms with Crippen LogP contribution in [0.25, 0.3) is 0 Å². The average molecular weight is 390 g/mol. The number of ether oxygens (including phenoxy) is 1. The summed E-state index contributed by atoms with van der Waals surface area (Å²) in [6.07, 6.45) is 0. The predicted octanol–water partition coefficient (Wildman–Crippen LogP) is 2.58. The molecule has 1 saturated heterocycles. The summed E-state index contributed by atoms with van der Waals surface area (Å²) >= 11 is 0. The van der Waals surface area contributed by atoms with Gasteiger partial charge in [0.2, 0.25) is 0 Å². The maximum atomic E-state index is 14.0. The summed E-state index contributed by atoms with van der Waals surface area (Å²) in [6, 6.07) is 8.54. The van der Waals surface area contributed by atoms with Crippen LogP contribution in [-0.2, 0) is 6.54 Å². The zero-order valence-electron chi connectivity index (χ0n) is 16.0. The zero-order chi connectivity index (χ0) is 20.1. The highest BCUT2D eigenvalue weighted by Gasteiger charge is 2.22. The van der Waals surface area contributed by atoms with Gasteiger partial charge in [0.25, 0.3) is 0 Å². The van der Waals surface area contributed by atoms with Crippen molar-refractivity contribution in [1.29, 1.82) is 0 Å². The Balaban J connectivity index is 1.60. The molecule has 1 heterocycles. The summed E-state index contributed by atoms with van der Waals surface area (Å²) in [5.74, 6) is 0.646. The summed E-state index contributed by atoms with van der Waals surface area (Å²) in [5.41, 5.74) is 0.977. The summed E-state index contributed by atoms with van der Waals surface area (Å²) in [4.78, 5) is 8.17. The number of aliphatic imine (C=N–C) groups is 1. The minimum Gasteiger partial charge on any atom is -0.508 e. The molecule has 6 nitrogen and oxygen atoms in total. The number of phenolic OH excluding ortho intramolecular Hbond substituents is 1. The van der Waals surface area contributed by atoms with Gasteiger partial charge in [0, 0.05) is 51.4 Å². The predicted molar refractivity (Wildman–Crippen MR) is 105 cm³/mol. The third kappa shape index (κ3) is 4.44. The van der Waals surface area contributed by atoms with Gasteiger partial charge in [-0.2, -0.15) is 0 Å². The number of benzene rings is 2. The van der Waals surface area contributed by atoms with Crippen LogP contribution in [0.2, 0.25) is 0 Å². The first-order chi connectivity index (χ1) is 13.5. The first-order valence-corrected chi connectivity index (χ1v) is 9.03. The van der Waals surface area contributed by atoms with Crippen LogP contribution in [0.15, 0.2) is 41.4 Å². The molecule has 0 amide bonds. The Morgan fingerprint density at radius 1 is 1.14 bits per heavy atom. The zero-order valence-corrected chi connectivity index (χ0v) is 16.0. The molecular formula is C20H24F2N4O2. The summed E-state index contributed by atoms with van der Waals surface area (Å²) < 4.78 is 32.6. The number of anilines is 1. The Morgan fingerprint density at radius 2 is 1.89 bits per heavy atom. The lowest BCUT2D eigenvalue weighted by Crippen LogP contribution is -2.52. The van der Waals surface area contributed by atoms with Crippen LogP contribution in [0.5, 0.6) is 11.5 Å². The van der Waals surface area contributed by atoms with E-state index in [2.05, 4.69) is 10.3 Å². The van der Waals surface area contributed by atoms with Crippen molar-refractivity contribution < 1.29 is 18.6 Å². The molecule has 1 aliphatic rings. The molecule has 3 rings (SSSR count). The van der Waals surface area contributed by atoms with Crippen LogP contribution >= 0.6 is 0 Å². The molecule has 0 unspecified atom stereocenters. The smallest absolute Gasteiger partial charge is 0.194 e. The van der Waals surface area contributed by atoms with E-state index in [1.165, 1.54) is 6.07 Å². The largest absolute Gasteiger partial charge is 0.508 e. The highest BCUT2D eigenvalue weighted by molar-refractivity contribution is 5.80. The molecule has 2 aromatic rings. The summed E-state index contributed by atoms with van der Waals surface area (Å²) in [6.45, 7) is 2.70. The lowest BCUT2D eigenvalue weighted by Gasteiger charge is -2.37. The Hall–Kier alpha value is -3.03. The fourth-order valence-electron chi connectivity index (χ4n) is 3.22. The van der Waals surface area contributed by atoms with E-state index in [0.717, 1.165) is 12.1 Å². The first-order valence-electron chi connectivity index (χ1n) is 9.03. The van der Waals surface area contributed by atoms with Gasteiger partial charge in [-0.1, -0.05) is 0 Å². The third-order valence-corrected chi connectivity index (χ3v) is 4.76. The Bertz CT molecular complexity index is 852. The van der Waals surface area contributed by atoms with Crippen molar-refractivity contribution in [2.75, 3.05) is 45.2 Å². The lowest BCUT2D eigenvalue weighted by atomic mass is 10.2. The van der Waals surface area contributed by atoms with Crippen LogP contribution in [0.1, 0.15) is 5.56 Å². The van der Waals surface area contributed by atoms with E-state index in [-0.39, 0.29) is 11.4 Å². The van der Waals surface area contributed by atoms with Crippen molar-refractivity contribution >= 4 is 11.6 Å². The Labute approximate surface area is 163 Å². The van der Waals surface area contributed by atoms with Crippen molar-refractivity contribution in [3.05, 3.63) is 53.6 Å². The average Bonchev–Trinajstić information content (AvgIpc) is 2.72. The quantitative estimate of drug-likeness (QED) is 0.621. The monoisotopic (exact) mass is 390 g/mol. The van der Waals surface area contributed by atoms with E-state index >= 15 is 0 Å². The second-order valence-electron chi connectivity index (χ2n) is 6.47. The molecule has 0 bridgehead atoms. The number of methoxy groups -OCH3 is 1. The number of phenols is 1. The number of nitrogens with one attached hydrogen (secondary N) is 1. The molecule has 150 valence electrons. The van der Waals surface area contributed by atoms with E-state index in [0.29, 0.717) is 50.0 Å². The van der Waals surface area contributed by atoms with Gasteiger partial charge >= 0.3 is 0 Å². The number of hydrogen-bond acceptors (Lipinski definition) is 4. The molecule has 2 N–H and O–H groups in total. The minimum absolute atomic E-state index is 0.176. The molecular weight excluding hydrogens is 366 g/mol. The number of aromatic hydroxyl groups is 1. The molecule has 0 radical (unpaired) electrons. The molecule has 0 aromatic heterocycles. The number of rotatable bonds is 4. The highest BCUT2D eigenvalue weighted by atomic mass is 19.1. The van der Waals surface area contributed by atoms with Crippen LogP contribution in [0.3, 0.4) is 0 Å². The van der Waals surface area contributed by atoms with Crippen molar-refractivity contribution in [3.63, 3.8) is 0 Å². The van der Waals surface area contributed by atoms with Crippen LogP contribution in [0.4, 0.5) is 14.5 Å². The van der Waals surface area contributed by atoms with E-state index < -0.39 is 11.6 Å². The number of halogens is 2. The van der Waals surface area contributed by atoms with Gasteiger partial charge in [-0.25, -0.2) is 8.78 Å². The molecule has 1 fully saturated rings. The van der Waals surface area contributed by atoms with Gasteiger partial charge < -0.3 is 25.0 Å². The SMILES string of the molecule is CN=C(NCc1cc(OC)ccc1O)N1CCN(c2cc(F)ccc2F)CC1. The fourth-order valence-corrected chi connectivity index (χ4v) is 3.22. The van der Waals surface area contributed by atoms with Crippen LogP contribution in [0, 0.1) is 11.6 Å². The minimum atomic E-state index is -0.450. The molecule has 0 spiro atoms. The van der Waals surface area contributed by atoms with E-state index in [1.54, 1.807) is 32.4 Å². The van der Waals surface area contributed by atoms with Crippen LogP contribution in [-0.4, -0.2) is 56.3 Å². The molecule has 8 heteroatoms. The Morgan fingerprint density at radius 3 is 2.57 bits per heavy atom. The summed E-state index contributed by atoms with van der Waals surface area (Å²) in [5, 5.41) is 13.2. The maximum absolute atomic E-state index is 14.0. The van der Waals surface area contributed by atoms with Crippen molar-refractivity contribution in [2.45, 2.75) is 6.54 Å². The lowest BCUT2D eigenvalue weighted by molar-refractivity contribution is 0.369. The van der Waals surface area contributed by atoms with E-state index in [4.69, 9.17) is 4.74 Å². The van der Waals surface area contributed by atoms with Gasteiger partial charge in [-0.3, -0.25) is 4.99 Å². The normalized spacial score (nSPS) is 14.9. The highest BCUT2D eigenvalue weighted by Crippen LogP contribution is 2.23. The van der Waals surface area contributed by atoms with Gasteiger partial charge in [0.1, 0.15) is 23.1 Å². The van der Waals surface area contributed by atoms with E-state index in [9.17, 15) is 13.9 Å². The number of hydrogen-bond donors (Lipinski definition) is 2. The topological polar surface area (TPSA) is 60.3 Å². The first kappa shape index (κ1) is 19.7. The molecule has 0 atom stereocenters. The maximum Gasteiger partial charge on any atom is 0.194 e. The molecule has 28 heavy (non-hydrogen) atoms. The number of piperazine rings is 1. The van der Waals surface area contributed by atoms with Crippen molar-refractivity contribution in [2.24, 2.45) is 4.99 Å². The fraction of sp³-hybridized carbons (Fsp3) is 0.350. The van der Waals surface area contributed by atoms with Gasteiger partial charge in [0.15, 0.2) is 5.96 Å². The number of nitrogens with zero attached hydrogens (tertiary/aromatic N) is 3. The molecule has 2 aromatic carbocycles. The standard InChI is InChI=1S/C20H24F2N4O2/c1-23-20(24-13-14-11-16(28-2)4-6-19(14)27)26-9-7-25(8-10-26)18-12-15(21)3-5-17(18)22/h3-6,11-12,27H,7-10,13H2,1-2H3,(H,23,24).